The SMILES string of the molecule is CCC1=C2C=CC=C3C=CC4=C(C(=C1)C=CC4)C32. The summed E-state index contributed by atoms with van der Waals surface area (Å²) in [4.78, 5) is 0. The molecule has 0 aromatic heterocycles. The second-order valence-corrected chi connectivity index (χ2v) is 5.27. The van der Waals surface area contributed by atoms with Crippen LogP contribution in [0.4, 0.5) is 0 Å². The van der Waals surface area contributed by atoms with Crippen molar-refractivity contribution >= 4 is 0 Å². The van der Waals surface area contributed by atoms with Crippen molar-refractivity contribution in [2.75, 3.05) is 0 Å². The maximum absolute atomic E-state index is 2.39. The minimum Gasteiger partial charge on any atom is -0.0795 e. The first-order valence-electron chi connectivity index (χ1n) is 6.79. The van der Waals surface area contributed by atoms with Gasteiger partial charge in [-0.1, -0.05) is 55.5 Å². The van der Waals surface area contributed by atoms with E-state index >= 15 is 0 Å². The molecule has 0 N–H and O–H groups in total. The highest BCUT2D eigenvalue weighted by Gasteiger charge is 2.33. The molecular weight excluding hydrogens is 216 g/mol. The van der Waals surface area contributed by atoms with Crippen LogP contribution in [0.25, 0.3) is 0 Å². The number of hydrogen-bond acceptors (Lipinski definition) is 0. The van der Waals surface area contributed by atoms with Crippen molar-refractivity contribution in [2.24, 2.45) is 5.92 Å². The van der Waals surface area contributed by atoms with Crippen LogP contribution in [0.3, 0.4) is 0 Å². The summed E-state index contributed by atoms with van der Waals surface area (Å²) in [5, 5.41) is 0. The molecule has 0 spiro atoms. The summed E-state index contributed by atoms with van der Waals surface area (Å²) in [5.74, 6) is 0.509. The number of rotatable bonds is 1. The van der Waals surface area contributed by atoms with Gasteiger partial charge in [0.05, 0.1) is 0 Å². The van der Waals surface area contributed by atoms with Gasteiger partial charge in [0.2, 0.25) is 0 Å². The Morgan fingerprint density at radius 3 is 3.00 bits per heavy atom. The predicted octanol–water partition coefficient (Wildman–Crippen LogP) is 4.57. The minimum atomic E-state index is 0.509. The first kappa shape index (κ1) is 10.1. The molecule has 4 aliphatic rings. The number of hydrogen-bond donors (Lipinski definition) is 0. The number of allylic oxidation sites excluding steroid dienone is 14. The molecule has 0 saturated carbocycles. The Labute approximate surface area is 108 Å². The quantitative estimate of drug-likeness (QED) is 0.621. The normalized spacial score (nSPS) is 27.3. The van der Waals surface area contributed by atoms with Crippen LogP contribution < -0.4 is 0 Å². The first-order valence-corrected chi connectivity index (χ1v) is 6.79. The minimum absolute atomic E-state index is 0.509. The summed E-state index contributed by atoms with van der Waals surface area (Å²) in [5.41, 5.74) is 8.98. The average molecular weight is 232 g/mol. The zero-order chi connectivity index (χ0) is 12.1. The van der Waals surface area contributed by atoms with Gasteiger partial charge in [0, 0.05) is 5.92 Å². The van der Waals surface area contributed by atoms with Gasteiger partial charge in [0.1, 0.15) is 0 Å². The Hall–Kier alpha value is -1.82. The van der Waals surface area contributed by atoms with Crippen molar-refractivity contribution in [2.45, 2.75) is 19.8 Å². The molecule has 0 bridgehead atoms. The van der Waals surface area contributed by atoms with E-state index in [0.29, 0.717) is 5.92 Å². The van der Waals surface area contributed by atoms with E-state index in [0.717, 1.165) is 12.8 Å². The predicted molar refractivity (Wildman–Crippen MR) is 76.0 cm³/mol. The van der Waals surface area contributed by atoms with E-state index in [2.05, 4.69) is 55.5 Å². The molecule has 0 saturated heterocycles. The lowest BCUT2D eigenvalue weighted by atomic mass is 9.67. The average Bonchev–Trinajstić information content (AvgIpc) is 2.44. The molecule has 1 unspecified atom stereocenters. The lowest BCUT2D eigenvalue weighted by molar-refractivity contribution is 0.814. The second kappa shape index (κ2) is 3.58. The van der Waals surface area contributed by atoms with Crippen molar-refractivity contribution < 1.29 is 0 Å². The zero-order valence-electron chi connectivity index (χ0n) is 10.6. The lowest BCUT2D eigenvalue weighted by Crippen LogP contribution is -2.22. The Morgan fingerprint density at radius 1 is 1.17 bits per heavy atom. The molecule has 0 heteroatoms. The van der Waals surface area contributed by atoms with Crippen LogP contribution in [0.15, 0.2) is 82.0 Å². The summed E-state index contributed by atoms with van der Waals surface area (Å²) in [6, 6.07) is 0. The first-order chi connectivity index (χ1) is 8.88. The molecule has 0 nitrogen and oxygen atoms in total. The van der Waals surface area contributed by atoms with Crippen LogP contribution >= 0.6 is 0 Å². The summed E-state index contributed by atoms with van der Waals surface area (Å²) < 4.78 is 0. The van der Waals surface area contributed by atoms with Crippen molar-refractivity contribution in [1.82, 2.24) is 0 Å². The fourth-order valence-electron chi connectivity index (χ4n) is 3.51. The van der Waals surface area contributed by atoms with Crippen molar-refractivity contribution in [1.29, 1.82) is 0 Å². The van der Waals surface area contributed by atoms with Crippen LogP contribution in [0.1, 0.15) is 19.8 Å². The molecule has 88 valence electrons. The van der Waals surface area contributed by atoms with Crippen LogP contribution in [0.5, 0.6) is 0 Å². The van der Waals surface area contributed by atoms with Crippen molar-refractivity contribution in [3.8, 4) is 0 Å². The van der Waals surface area contributed by atoms with E-state index in [1.807, 2.05) is 0 Å². The standard InChI is InChI=1S/C18H16/c1-2-12-11-15-7-3-5-13-9-10-14-6-4-8-16(12)18(14)17(13)15/h3-4,6-11,18H,2,5H2,1H3. The molecular formula is C18H16. The fraction of sp³-hybridized carbons (Fsp3) is 0.222. The topological polar surface area (TPSA) is 0 Å². The largest absolute Gasteiger partial charge is 0.0795 e. The van der Waals surface area contributed by atoms with Gasteiger partial charge in [-0.15, -0.1) is 0 Å². The van der Waals surface area contributed by atoms with Gasteiger partial charge in [-0.2, -0.15) is 0 Å². The van der Waals surface area contributed by atoms with Gasteiger partial charge >= 0.3 is 0 Å². The van der Waals surface area contributed by atoms with E-state index in [4.69, 9.17) is 0 Å². The molecule has 4 aliphatic carbocycles. The Bertz CT molecular complexity index is 640. The van der Waals surface area contributed by atoms with Crippen LogP contribution in [-0.4, -0.2) is 0 Å². The van der Waals surface area contributed by atoms with Gasteiger partial charge in [0.25, 0.3) is 0 Å². The molecule has 0 aliphatic heterocycles. The molecule has 0 heterocycles. The molecule has 4 rings (SSSR count). The van der Waals surface area contributed by atoms with Crippen LogP contribution in [0.2, 0.25) is 0 Å². The summed E-state index contributed by atoms with van der Waals surface area (Å²) >= 11 is 0. The summed E-state index contributed by atoms with van der Waals surface area (Å²) in [6.45, 7) is 2.26. The third kappa shape index (κ3) is 1.21. The monoisotopic (exact) mass is 232 g/mol. The molecule has 0 aromatic carbocycles. The molecule has 1 atom stereocenters. The van der Waals surface area contributed by atoms with Crippen LogP contribution in [-0.2, 0) is 0 Å². The fourth-order valence-corrected chi connectivity index (χ4v) is 3.51. The molecule has 0 radical (unpaired) electrons. The van der Waals surface area contributed by atoms with E-state index in [-0.39, 0.29) is 0 Å². The van der Waals surface area contributed by atoms with Gasteiger partial charge in [0.15, 0.2) is 0 Å². The zero-order valence-corrected chi connectivity index (χ0v) is 10.6. The molecule has 0 amide bonds. The molecule has 0 fully saturated rings. The summed E-state index contributed by atoms with van der Waals surface area (Å²) in [7, 11) is 0. The van der Waals surface area contributed by atoms with Gasteiger partial charge in [-0.3, -0.25) is 0 Å². The second-order valence-electron chi connectivity index (χ2n) is 5.27. The van der Waals surface area contributed by atoms with Gasteiger partial charge < -0.3 is 0 Å². The van der Waals surface area contributed by atoms with Crippen LogP contribution in [0, 0.1) is 5.92 Å². The third-order valence-electron chi connectivity index (χ3n) is 4.35. The van der Waals surface area contributed by atoms with Gasteiger partial charge in [-0.05, 0) is 46.3 Å². The third-order valence-corrected chi connectivity index (χ3v) is 4.35. The highest BCUT2D eigenvalue weighted by Crippen LogP contribution is 2.48. The van der Waals surface area contributed by atoms with E-state index < -0.39 is 0 Å². The summed E-state index contributed by atoms with van der Waals surface area (Å²) in [6.07, 6.45) is 20.6. The Morgan fingerprint density at radius 2 is 2.11 bits per heavy atom. The van der Waals surface area contributed by atoms with Crippen molar-refractivity contribution in [3.05, 3.63) is 82.0 Å². The van der Waals surface area contributed by atoms with E-state index in [1.165, 1.54) is 27.9 Å². The highest BCUT2D eigenvalue weighted by molar-refractivity contribution is 5.68. The molecule has 0 aromatic rings. The van der Waals surface area contributed by atoms with Crippen molar-refractivity contribution in [3.63, 3.8) is 0 Å². The lowest BCUT2D eigenvalue weighted by Gasteiger charge is -2.36. The Balaban J connectivity index is 2.03. The van der Waals surface area contributed by atoms with E-state index in [1.54, 1.807) is 5.57 Å². The smallest absolute Gasteiger partial charge is 0.0351 e. The van der Waals surface area contributed by atoms with Gasteiger partial charge in [-0.25, -0.2) is 0 Å². The Kier molecular flexibility index (Phi) is 2.02. The maximum Gasteiger partial charge on any atom is 0.0351 e. The highest BCUT2D eigenvalue weighted by atomic mass is 14.4. The molecule has 18 heavy (non-hydrogen) atoms. The maximum atomic E-state index is 2.39. The van der Waals surface area contributed by atoms with E-state index in [9.17, 15) is 0 Å².